The van der Waals surface area contributed by atoms with Gasteiger partial charge in [-0.05, 0) is 7.05 Å². The number of carboxylic acid groups (broad SMARTS) is 1. The van der Waals surface area contributed by atoms with E-state index in [0.717, 1.165) is 5.69 Å². The molecule has 1 heterocycles. The Balaban J connectivity index is 2.37. The predicted octanol–water partition coefficient (Wildman–Crippen LogP) is 0.354. The molecular formula is C9H15N5O2S2. The van der Waals surface area contributed by atoms with Crippen LogP contribution in [0.25, 0.3) is 0 Å². The Hall–Kier alpha value is -1.32. The summed E-state index contributed by atoms with van der Waals surface area (Å²) in [6, 6.07) is -0.552. The highest BCUT2D eigenvalue weighted by Crippen LogP contribution is 2.19. The lowest BCUT2D eigenvalue weighted by Crippen LogP contribution is -2.36. The number of thioether (sulfide) groups is 1. The van der Waals surface area contributed by atoms with E-state index >= 15 is 0 Å². The zero-order chi connectivity index (χ0) is 13.5. The first-order chi connectivity index (χ1) is 8.52. The summed E-state index contributed by atoms with van der Waals surface area (Å²) in [4.78, 5) is 15.0. The molecule has 0 saturated heterocycles. The van der Waals surface area contributed by atoms with E-state index in [1.165, 1.54) is 23.1 Å². The van der Waals surface area contributed by atoms with Gasteiger partial charge in [-0.3, -0.25) is 10.2 Å². The lowest BCUT2D eigenvalue weighted by atomic mass is 10.3. The summed E-state index contributed by atoms with van der Waals surface area (Å²) in [7, 11) is 1.62. The largest absolute Gasteiger partial charge is 0.480 e. The Bertz CT molecular complexity index is 423. The highest BCUT2D eigenvalue weighted by atomic mass is 32.2. The first-order valence-electron chi connectivity index (χ1n) is 5.06. The number of carboxylic acids is 1. The molecule has 0 radical (unpaired) electrons. The molecule has 1 aromatic rings. The number of thiazole rings is 1. The summed E-state index contributed by atoms with van der Waals surface area (Å²) in [5, 5.41) is 23.7. The Labute approximate surface area is 113 Å². The van der Waals surface area contributed by atoms with Crippen molar-refractivity contribution in [1.82, 2.24) is 10.3 Å². The van der Waals surface area contributed by atoms with Crippen LogP contribution in [0.4, 0.5) is 5.13 Å². The van der Waals surface area contributed by atoms with Crippen LogP contribution in [-0.2, 0) is 10.5 Å². The van der Waals surface area contributed by atoms with Gasteiger partial charge >= 0.3 is 5.97 Å². The molecule has 0 amide bonds. The normalized spacial score (nSPS) is 12.1. The quantitative estimate of drug-likeness (QED) is 0.362. The number of guanidine groups is 1. The fourth-order valence-electron chi connectivity index (χ4n) is 1.11. The summed E-state index contributed by atoms with van der Waals surface area (Å²) in [6.07, 6.45) is 0. The number of hydrogen-bond acceptors (Lipinski definition) is 6. The van der Waals surface area contributed by atoms with E-state index in [1.807, 2.05) is 5.38 Å². The molecular weight excluding hydrogens is 274 g/mol. The standard InChI is InChI=1S/C9H15N5O2S2/c1-12-6(7(15)16)4-17-2-5-3-18-9(13-5)14-8(10)11/h3,6,12H,2,4H2,1H3,(H,15,16)(H4,10,11,13,14). The van der Waals surface area contributed by atoms with Crippen LogP contribution in [0.15, 0.2) is 5.38 Å². The number of rotatable bonds is 7. The SMILES string of the molecule is CNC(CSCc1csc(NC(=N)N)n1)C(=O)O. The van der Waals surface area contributed by atoms with Crippen molar-refractivity contribution < 1.29 is 9.90 Å². The molecule has 0 aliphatic rings. The van der Waals surface area contributed by atoms with Gasteiger partial charge in [0.15, 0.2) is 11.1 Å². The Kier molecular flexibility index (Phi) is 5.89. The van der Waals surface area contributed by atoms with E-state index in [-0.39, 0.29) is 5.96 Å². The molecule has 9 heteroatoms. The van der Waals surface area contributed by atoms with E-state index in [4.69, 9.17) is 16.2 Å². The minimum absolute atomic E-state index is 0.148. The maximum Gasteiger partial charge on any atom is 0.321 e. The average Bonchev–Trinajstić information content (AvgIpc) is 2.70. The summed E-state index contributed by atoms with van der Waals surface area (Å²) < 4.78 is 0. The fourth-order valence-corrected chi connectivity index (χ4v) is 2.95. The van der Waals surface area contributed by atoms with Gasteiger partial charge in [-0.25, -0.2) is 4.98 Å². The van der Waals surface area contributed by atoms with Crippen molar-refractivity contribution in [2.24, 2.45) is 5.73 Å². The third kappa shape index (κ3) is 4.90. The fraction of sp³-hybridized carbons (Fsp3) is 0.444. The average molecular weight is 289 g/mol. The molecule has 1 atom stereocenters. The van der Waals surface area contributed by atoms with Crippen molar-refractivity contribution in [3.05, 3.63) is 11.1 Å². The van der Waals surface area contributed by atoms with Crippen LogP contribution in [0, 0.1) is 5.41 Å². The van der Waals surface area contributed by atoms with Crippen molar-refractivity contribution in [3.63, 3.8) is 0 Å². The second kappa shape index (κ2) is 7.19. The Morgan fingerprint density at radius 3 is 3.06 bits per heavy atom. The van der Waals surface area contributed by atoms with Gasteiger partial charge in [0.1, 0.15) is 6.04 Å². The molecule has 6 N–H and O–H groups in total. The number of aromatic nitrogens is 1. The number of nitrogens with two attached hydrogens (primary N) is 1. The minimum Gasteiger partial charge on any atom is -0.480 e. The van der Waals surface area contributed by atoms with E-state index in [1.54, 1.807) is 7.05 Å². The number of anilines is 1. The highest BCUT2D eigenvalue weighted by molar-refractivity contribution is 7.98. The third-order valence-corrected chi connectivity index (χ3v) is 3.85. The van der Waals surface area contributed by atoms with Crippen LogP contribution in [0.1, 0.15) is 5.69 Å². The number of hydrogen-bond donors (Lipinski definition) is 5. The lowest BCUT2D eigenvalue weighted by molar-refractivity contribution is -0.138. The zero-order valence-electron chi connectivity index (χ0n) is 9.77. The summed E-state index contributed by atoms with van der Waals surface area (Å²) in [5.74, 6) is 0.0901. The first kappa shape index (κ1) is 14.7. The molecule has 0 aromatic carbocycles. The molecule has 0 spiro atoms. The molecule has 1 aromatic heterocycles. The number of likely N-dealkylation sites (N-methyl/N-ethyl adjacent to an activating group) is 1. The van der Waals surface area contributed by atoms with E-state index in [2.05, 4.69) is 15.6 Å². The van der Waals surface area contributed by atoms with Gasteiger partial charge in [-0.2, -0.15) is 11.8 Å². The van der Waals surface area contributed by atoms with Crippen molar-refractivity contribution >= 4 is 40.2 Å². The minimum atomic E-state index is -0.859. The van der Waals surface area contributed by atoms with Gasteiger partial charge in [-0.15, -0.1) is 11.3 Å². The molecule has 7 nitrogen and oxygen atoms in total. The van der Waals surface area contributed by atoms with Gasteiger partial charge in [-0.1, -0.05) is 0 Å². The number of carbonyl (C=O) groups is 1. The van der Waals surface area contributed by atoms with Crippen LogP contribution in [-0.4, -0.2) is 40.9 Å². The van der Waals surface area contributed by atoms with E-state index < -0.39 is 12.0 Å². The van der Waals surface area contributed by atoms with Crippen LogP contribution < -0.4 is 16.4 Å². The summed E-state index contributed by atoms with van der Waals surface area (Å²) in [6.45, 7) is 0. The third-order valence-electron chi connectivity index (χ3n) is 1.97. The van der Waals surface area contributed by atoms with Gasteiger partial charge in [0.25, 0.3) is 0 Å². The molecule has 100 valence electrons. The molecule has 0 aliphatic heterocycles. The highest BCUT2D eigenvalue weighted by Gasteiger charge is 2.14. The first-order valence-corrected chi connectivity index (χ1v) is 7.09. The maximum atomic E-state index is 10.8. The molecule has 0 saturated carbocycles. The Morgan fingerprint density at radius 2 is 2.50 bits per heavy atom. The van der Waals surface area contributed by atoms with E-state index in [9.17, 15) is 4.79 Å². The van der Waals surface area contributed by atoms with Crippen molar-refractivity contribution in [3.8, 4) is 0 Å². The zero-order valence-corrected chi connectivity index (χ0v) is 11.4. The van der Waals surface area contributed by atoms with Crippen molar-refractivity contribution in [1.29, 1.82) is 5.41 Å². The van der Waals surface area contributed by atoms with Crippen LogP contribution in [0.5, 0.6) is 0 Å². The number of aliphatic carboxylic acids is 1. The second-order valence-corrected chi connectivity index (χ2v) is 5.27. The molecule has 0 fully saturated rings. The van der Waals surface area contributed by atoms with Crippen molar-refractivity contribution in [2.45, 2.75) is 11.8 Å². The van der Waals surface area contributed by atoms with Crippen molar-refractivity contribution in [2.75, 3.05) is 18.1 Å². The van der Waals surface area contributed by atoms with Crippen LogP contribution >= 0.6 is 23.1 Å². The molecule has 1 unspecified atom stereocenters. The number of nitrogens with zero attached hydrogens (tertiary/aromatic N) is 1. The molecule has 1 rings (SSSR count). The van der Waals surface area contributed by atoms with Gasteiger partial charge in [0.05, 0.1) is 5.69 Å². The number of nitrogens with one attached hydrogen (secondary N) is 3. The topological polar surface area (TPSA) is 124 Å². The van der Waals surface area contributed by atoms with Gasteiger partial charge in [0.2, 0.25) is 0 Å². The lowest BCUT2D eigenvalue weighted by Gasteiger charge is -2.09. The molecule has 0 aliphatic carbocycles. The summed E-state index contributed by atoms with van der Waals surface area (Å²) >= 11 is 2.85. The predicted molar refractivity (Wildman–Crippen MR) is 74.3 cm³/mol. The monoisotopic (exact) mass is 289 g/mol. The van der Waals surface area contributed by atoms with E-state index in [0.29, 0.717) is 16.6 Å². The van der Waals surface area contributed by atoms with Gasteiger partial charge in [0, 0.05) is 16.9 Å². The van der Waals surface area contributed by atoms with Crippen LogP contribution in [0.2, 0.25) is 0 Å². The maximum absolute atomic E-state index is 10.8. The van der Waals surface area contributed by atoms with Crippen LogP contribution in [0.3, 0.4) is 0 Å². The molecule has 0 bridgehead atoms. The summed E-state index contributed by atoms with van der Waals surface area (Å²) in [5.41, 5.74) is 6.03. The Morgan fingerprint density at radius 1 is 1.78 bits per heavy atom. The smallest absolute Gasteiger partial charge is 0.321 e. The van der Waals surface area contributed by atoms with Gasteiger partial charge < -0.3 is 21.5 Å². The second-order valence-electron chi connectivity index (χ2n) is 3.38. The molecule has 18 heavy (non-hydrogen) atoms.